The molecular formula is C18H19N3O3S. The molecule has 2 aliphatic heterocycles. The number of thiophene rings is 1. The van der Waals surface area contributed by atoms with Gasteiger partial charge in [-0.2, -0.15) is 0 Å². The van der Waals surface area contributed by atoms with Gasteiger partial charge in [-0.1, -0.05) is 0 Å². The number of rotatable bonds is 3. The molecule has 0 aliphatic carbocycles. The number of carbonyl (C=O) groups excluding carboxylic acids is 2. The second-order valence-corrected chi connectivity index (χ2v) is 7.34. The van der Waals surface area contributed by atoms with Crippen LogP contribution in [0.3, 0.4) is 0 Å². The molecule has 0 radical (unpaired) electrons. The van der Waals surface area contributed by atoms with E-state index in [0.29, 0.717) is 23.7 Å². The molecule has 2 aliphatic rings. The fraction of sp³-hybridized carbons (Fsp3) is 0.333. The lowest BCUT2D eigenvalue weighted by molar-refractivity contribution is -0.122. The van der Waals surface area contributed by atoms with Gasteiger partial charge in [0.1, 0.15) is 5.75 Å². The smallest absolute Gasteiger partial charge is 0.265 e. The lowest BCUT2D eigenvalue weighted by atomic mass is 10.1. The Bertz CT molecular complexity index is 833. The summed E-state index contributed by atoms with van der Waals surface area (Å²) in [6.07, 6.45) is 0.495. The van der Waals surface area contributed by atoms with Crippen LogP contribution in [0.25, 0.3) is 0 Å². The maximum Gasteiger partial charge on any atom is 0.265 e. The van der Waals surface area contributed by atoms with E-state index in [1.54, 1.807) is 36.5 Å². The van der Waals surface area contributed by atoms with Crippen LogP contribution in [0, 0.1) is 0 Å². The highest BCUT2D eigenvalue weighted by Gasteiger charge is 2.24. The number of carbonyl (C=O) groups is 2. The van der Waals surface area contributed by atoms with E-state index in [9.17, 15) is 9.59 Å². The third-order valence-corrected chi connectivity index (χ3v) is 5.47. The molecule has 1 aromatic carbocycles. The van der Waals surface area contributed by atoms with Crippen LogP contribution < -0.4 is 15.4 Å². The summed E-state index contributed by atoms with van der Waals surface area (Å²) in [5, 5.41) is 7.80. The third-order valence-electron chi connectivity index (χ3n) is 4.45. The predicted molar refractivity (Wildman–Crippen MR) is 97.1 cm³/mol. The number of ether oxygens (including phenoxy) is 1. The highest BCUT2D eigenvalue weighted by atomic mass is 32.1. The van der Waals surface area contributed by atoms with E-state index in [1.807, 2.05) is 0 Å². The Balaban J connectivity index is 1.38. The van der Waals surface area contributed by atoms with Crippen LogP contribution >= 0.6 is 11.3 Å². The summed E-state index contributed by atoms with van der Waals surface area (Å²) in [6.45, 7) is 3.77. The second-order valence-electron chi connectivity index (χ2n) is 6.34. The van der Waals surface area contributed by atoms with Crippen LogP contribution in [-0.4, -0.2) is 35.9 Å². The average molecular weight is 357 g/mol. The maximum atomic E-state index is 12.3. The predicted octanol–water partition coefficient (Wildman–Crippen LogP) is 2.46. The lowest BCUT2D eigenvalue weighted by Crippen LogP contribution is -2.36. The number of hydrogen-bond donors (Lipinski definition) is 2. The topological polar surface area (TPSA) is 70.7 Å². The van der Waals surface area contributed by atoms with Gasteiger partial charge in [-0.25, -0.2) is 0 Å². The fourth-order valence-corrected chi connectivity index (χ4v) is 4.02. The molecule has 0 fully saturated rings. The molecule has 4 rings (SSSR count). The van der Waals surface area contributed by atoms with Crippen molar-refractivity contribution >= 4 is 34.5 Å². The molecule has 1 unspecified atom stereocenters. The first-order valence-electron chi connectivity index (χ1n) is 8.27. The van der Waals surface area contributed by atoms with Crippen LogP contribution in [0.15, 0.2) is 29.6 Å². The molecule has 25 heavy (non-hydrogen) atoms. The second kappa shape index (κ2) is 6.50. The maximum absolute atomic E-state index is 12.3. The molecular weight excluding hydrogens is 338 g/mol. The Kier molecular flexibility index (Phi) is 4.19. The van der Waals surface area contributed by atoms with Crippen LogP contribution in [0.1, 0.15) is 17.4 Å². The number of benzene rings is 1. The van der Waals surface area contributed by atoms with Gasteiger partial charge >= 0.3 is 0 Å². The minimum atomic E-state index is -0.506. The molecule has 0 spiro atoms. The molecule has 1 atom stereocenters. The van der Waals surface area contributed by atoms with E-state index in [4.69, 9.17) is 4.74 Å². The standard InChI is InChI=1S/C18H19N3O3S/c1-11-18(23)20-14-8-13(2-3-15(14)24-11)19-17(22)10-21-6-4-16-12(9-21)5-7-25-16/h2-3,5,7-8,11H,4,6,9-10H2,1H3,(H,19,22)(H,20,23). The highest BCUT2D eigenvalue weighted by Crippen LogP contribution is 2.32. The Morgan fingerprint density at radius 2 is 2.32 bits per heavy atom. The summed E-state index contributed by atoms with van der Waals surface area (Å²) in [4.78, 5) is 27.6. The number of anilines is 2. The summed E-state index contributed by atoms with van der Waals surface area (Å²) < 4.78 is 5.52. The van der Waals surface area contributed by atoms with Gasteiger partial charge in [-0.15, -0.1) is 11.3 Å². The van der Waals surface area contributed by atoms with Gasteiger partial charge in [-0.3, -0.25) is 14.5 Å². The van der Waals surface area contributed by atoms with E-state index in [1.165, 1.54) is 10.4 Å². The monoisotopic (exact) mass is 357 g/mol. The summed E-state index contributed by atoms with van der Waals surface area (Å²) in [7, 11) is 0. The first-order chi connectivity index (χ1) is 12.1. The minimum absolute atomic E-state index is 0.0601. The van der Waals surface area contributed by atoms with Crippen molar-refractivity contribution in [2.75, 3.05) is 23.7 Å². The van der Waals surface area contributed by atoms with Gasteiger partial charge in [0.2, 0.25) is 5.91 Å². The van der Waals surface area contributed by atoms with Gasteiger partial charge in [0.25, 0.3) is 5.91 Å². The van der Waals surface area contributed by atoms with E-state index in [0.717, 1.165) is 19.5 Å². The van der Waals surface area contributed by atoms with E-state index >= 15 is 0 Å². The average Bonchev–Trinajstić information content (AvgIpc) is 3.04. The minimum Gasteiger partial charge on any atom is -0.479 e. The van der Waals surface area contributed by atoms with Crippen LogP contribution in [-0.2, 0) is 22.6 Å². The first-order valence-corrected chi connectivity index (χ1v) is 9.15. The molecule has 7 heteroatoms. The Labute approximate surface area is 149 Å². The number of nitrogens with one attached hydrogen (secondary N) is 2. The van der Waals surface area contributed by atoms with Crippen molar-refractivity contribution in [3.05, 3.63) is 40.1 Å². The summed E-state index contributed by atoms with van der Waals surface area (Å²) in [5.41, 5.74) is 2.56. The van der Waals surface area contributed by atoms with Crippen molar-refractivity contribution in [3.8, 4) is 5.75 Å². The quantitative estimate of drug-likeness (QED) is 0.885. The van der Waals surface area contributed by atoms with Crippen molar-refractivity contribution in [2.24, 2.45) is 0 Å². The van der Waals surface area contributed by atoms with E-state index in [-0.39, 0.29) is 11.8 Å². The van der Waals surface area contributed by atoms with Gasteiger partial charge in [0, 0.05) is 23.7 Å². The molecule has 1 aromatic heterocycles. The fourth-order valence-electron chi connectivity index (χ4n) is 3.13. The first kappa shape index (κ1) is 16.1. The van der Waals surface area contributed by atoms with E-state index < -0.39 is 6.10 Å². The van der Waals surface area contributed by atoms with Crippen LogP contribution in [0.2, 0.25) is 0 Å². The molecule has 2 aromatic rings. The summed E-state index contributed by atoms with van der Waals surface area (Å²) >= 11 is 1.79. The summed E-state index contributed by atoms with van der Waals surface area (Å²) in [6, 6.07) is 7.41. The van der Waals surface area contributed by atoms with Gasteiger partial charge in [-0.05, 0) is 48.6 Å². The molecule has 0 bridgehead atoms. The SMILES string of the molecule is CC1Oc2ccc(NC(=O)CN3CCc4sccc4C3)cc2NC1=O. The number of amides is 2. The zero-order chi connectivity index (χ0) is 17.4. The molecule has 6 nitrogen and oxygen atoms in total. The van der Waals surface area contributed by atoms with Crippen molar-refractivity contribution in [1.82, 2.24) is 4.90 Å². The normalized spacial score (nSPS) is 19.4. The van der Waals surface area contributed by atoms with Crippen LogP contribution in [0.5, 0.6) is 5.75 Å². The van der Waals surface area contributed by atoms with Gasteiger partial charge in [0.15, 0.2) is 6.10 Å². The lowest BCUT2D eigenvalue weighted by Gasteiger charge is -2.26. The van der Waals surface area contributed by atoms with Gasteiger partial charge in [0.05, 0.1) is 12.2 Å². The van der Waals surface area contributed by atoms with E-state index in [2.05, 4.69) is 27.0 Å². The Morgan fingerprint density at radius 3 is 3.20 bits per heavy atom. The molecule has 2 amide bonds. The van der Waals surface area contributed by atoms with Crippen molar-refractivity contribution in [3.63, 3.8) is 0 Å². The van der Waals surface area contributed by atoms with Crippen LogP contribution in [0.4, 0.5) is 11.4 Å². The zero-order valence-corrected chi connectivity index (χ0v) is 14.7. The number of nitrogens with zero attached hydrogens (tertiary/aromatic N) is 1. The number of hydrogen-bond acceptors (Lipinski definition) is 5. The molecule has 0 saturated carbocycles. The highest BCUT2D eigenvalue weighted by molar-refractivity contribution is 7.10. The molecule has 0 saturated heterocycles. The van der Waals surface area contributed by atoms with Gasteiger partial charge < -0.3 is 15.4 Å². The zero-order valence-electron chi connectivity index (χ0n) is 13.9. The number of fused-ring (bicyclic) bond motifs is 2. The Hall–Kier alpha value is -2.38. The molecule has 2 N–H and O–H groups in total. The third kappa shape index (κ3) is 3.38. The van der Waals surface area contributed by atoms with Crippen molar-refractivity contribution in [1.29, 1.82) is 0 Å². The largest absolute Gasteiger partial charge is 0.479 e. The van der Waals surface area contributed by atoms with Crippen molar-refractivity contribution in [2.45, 2.75) is 26.0 Å². The molecule has 130 valence electrons. The molecule has 3 heterocycles. The Morgan fingerprint density at radius 1 is 1.44 bits per heavy atom. The van der Waals surface area contributed by atoms with Crippen molar-refractivity contribution < 1.29 is 14.3 Å². The summed E-state index contributed by atoms with van der Waals surface area (Å²) in [5.74, 6) is 0.372.